The Morgan fingerprint density at radius 2 is 1.82 bits per heavy atom. The molecule has 2 nitrogen and oxygen atoms in total. The average molecular weight is 245 g/mol. The second-order valence-electron chi connectivity index (χ2n) is 4.20. The van der Waals surface area contributed by atoms with Gasteiger partial charge in [0.1, 0.15) is 5.75 Å². The van der Waals surface area contributed by atoms with Crippen LogP contribution in [0.2, 0.25) is 0 Å². The lowest BCUT2D eigenvalue weighted by Crippen LogP contribution is -2.19. The largest absolute Gasteiger partial charge is 0.484 e. The summed E-state index contributed by atoms with van der Waals surface area (Å²) < 4.78 is 40.3. The lowest BCUT2D eigenvalue weighted by Gasteiger charge is -2.09. The molecule has 1 aliphatic rings. The van der Waals surface area contributed by atoms with Crippen molar-refractivity contribution in [1.29, 1.82) is 0 Å². The van der Waals surface area contributed by atoms with Gasteiger partial charge in [0.25, 0.3) is 0 Å². The van der Waals surface area contributed by atoms with Gasteiger partial charge >= 0.3 is 6.18 Å². The summed E-state index contributed by atoms with van der Waals surface area (Å²) in [7, 11) is 0. The summed E-state index contributed by atoms with van der Waals surface area (Å²) in [4.78, 5) is 0. The van der Waals surface area contributed by atoms with Crippen LogP contribution in [0.4, 0.5) is 13.2 Å². The molecule has 0 spiro atoms. The second-order valence-corrected chi connectivity index (χ2v) is 4.20. The van der Waals surface area contributed by atoms with Crippen LogP contribution >= 0.6 is 0 Å². The van der Waals surface area contributed by atoms with Gasteiger partial charge in [-0.2, -0.15) is 13.2 Å². The maximum atomic E-state index is 11.9. The number of halogens is 3. The van der Waals surface area contributed by atoms with E-state index in [1.54, 1.807) is 24.3 Å². The third-order valence-corrected chi connectivity index (χ3v) is 2.50. The van der Waals surface area contributed by atoms with E-state index in [2.05, 4.69) is 10.1 Å². The Kier molecular flexibility index (Phi) is 3.57. The van der Waals surface area contributed by atoms with E-state index in [4.69, 9.17) is 0 Å². The third kappa shape index (κ3) is 4.65. The molecule has 0 amide bonds. The highest BCUT2D eigenvalue weighted by molar-refractivity contribution is 5.27. The van der Waals surface area contributed by atoms with Crippen molar-refractivity contribution < 1.29 is 17.9 Å². The zero-order valence-electron chi connectivity index (χ0n) is 9.26. The third-order valence-electron chi connectivity index (χ3n) is 2.50. The summed E-state index contributed by atoms with van der Waals surface area (Å²) in [6, 6.07) is 7.31. The standard InChI is InChI=1S/C12H14F3NO/c13-12(14,15)8-17-11-5-1-9(2-6-11)7-16-10-3-4-10/h1-2,5-6,10,16H,3-4,7-8H2. The summed E-state index contributed by atoms with van der Waals surface area (Å²) in [5, 5.41) is 3.33. The highest BCUT2D eigenvalue weighted by Crippen LogP contribution is 2.21. The van der Waals surface area contributed by atoms with Crippen LogP contribution in [0, 0.1) is 0 Å². The number of benzene rings is 1. The van der Waals surface area contributed by atoms with Crippen molar-refractivity contribution in [3.8, 4) is 5.75 Å². The molecule has 94 valence electrons. The molecule has 0 radical (unpaired) electrons. The molecular formula is C12H14F3NO. The first kappa shape index (κ1) is 12.2. The van der Waals surface area contributed by atoms with Crippen LogP contribution in [-0.4, -0.2) is 18.8 Å². The minimum atomic E-state index is -4.29. The van der Waals surface area contributed by atoms with Gasteiger partial charge in [0.05, 0.1) is 0 Å². The number of hydrogen-bond donors (Lipinski definition) is 1. The first-order chi connectivity index (χ1) is 8.03. The summed E-state index contributed by atoms with van der Waals surface area (Å²) in [6.45, 7) is -0.489. The van der Waals surface area contributed by atoms with Gasteiger partial charge in [0.15, 0.2) is 6.61 Å². The SMILES string of the molecule is FC(F)(F)COc1ccc(CNC2CC2)cc1. The molecule has 17 heavy (non-hydrogen) atoms. The molecule has 1 fully saturated rings. The predicted octanol–water partition coefficient (Wildman–Crippen LogP) is 2.88. The molecule has 0 atom stereocenters. The van der Waals surface area contributed by atoms with E-state index in [9.17, 15) is 13.2 Å². The highest BCUT2D eigenvalue weighted by Gasteiger charge is 2.28. The second kappa shape index (κ2) is 4.96. The Bertz CT molecular complexity index is 357. The minimum absolute atomic E-state index is 0.248. The van der Waals surface area contributed by atoms with E-state index in [-0.39, 0.29) is 5.75 Å². The Labute approximate surface area is 97.8 Å². The maximum Gasteiger partial charge on any atom is 0.422 e. The van der Waals surface area contributed by atoms with E-state index in [0.29, 0.717) is 6.04 Å². The molecule has 2 rings (SSSR count). The summed E-state index contributed by atoms with van der Waals surface area (Å²) >= 11 is 0. The van der Waals surface area contributed by atoms with Crippen molar-refractivity contribution in [3.63, 3.8) is 0 Å². The molecule has 0 bridgehead atoms. The Hall–Kier alpha value is -1.23. The molecular weight excluding hydrogens is 231 g/mol. The molecule has 0 saturated heterocycles. The van der Waals surface area contributed by atoms with Crippen molar-refractivity contribution in [1.82, 2.24) is 5.32 Å². The van der Waals surface area contributed by atoms with Crippen molar-refractivity contribution >= 4 is 0 Å². The first-order valence-electron chi connectivity index (χ1n) is 5.55. The van der Waals surface area contributed by atoms with E-state index < -0.39 is 12.8 Å². The summed E-state index contributed by atoms with van der Waals surface area (Å²) in [5.74, 6) is 0.248. The van der Waals surface area contributed by atoms with Crippen LogP contribution in [0.25, 0.3) is 0 Å². The molecule has 1 aromatic rings. The molecule has 1 saturated carbocycles. The molecule has 0 aliphatic heterocycles. The zero-order chi connectivity index (χ0) is 12.3. The minimum Gasteiger partial charge on any atom is -0.484 e. The van der Waals surface area contributed by atoms with E-state index in [1.165, 1.54) is 12.8 Å². The van der Waals surface area contributed by atoms with E-state index in [0.717, 1.165) is 12.1 Å². The lowest BCUT2D eigenvalue weighted by atomic mass is 10.2. The molecule has 0 unspecified atom stereocenters. The van der Waals surface area contributed by atoms with Crippen LogP contribution in [0.3, 0.4) is 0 Å². The molecule has 1 aliphatic carbocycles. The fraction of sp³-hybridized carbons (Fsp3) is 0.500. The zero-order valence-corrected chi connectivity index (χ0v) is 9.26. The van der Waals surface area contributed by atoms with Gasteiger partial charge in [-0.3, -0.25) is 0 Å². The molecule has 5 heteroatoms. The van der Waals surface area contributed by atoms with Crippen LogP contribution in [0.5, 0.6) is 5.75 Å². The fourth-order valence-corrected chi connectivity index (χ4v) is 1.42. The van der Waals surface area contributed by atoms with Gasteiger partial charge < -0.3 is 10.1 Å². The van der Waals surface area contributed by atoms with Gasteiger partial charge in [0.2, 0.25) is 0 Å². The number of rotatable bonds is 5. The van der Waals surface area contributed by atoms with Crippen molar-refractivity contribution in [3.05, 3.63) is 29.8 Å². The van der Waals surface area contributed by atoms with Gasteiger partial charge in [0, 0.05) is 12.6 Å². The number of nitrogens with one attached hydrogen (secondary N) is 1. The number of ether oxygens (including phenoxy) is 1. The Balaban J connectivity index is 1.79. The van der Waals surface area contributed by atoms with Crippen molar-refractivity contribution in [2.45, 2.75) is 31.6 Å². The van der Waals surface area contributed by atoms with E-state index in [1.807, 2.05) is 0 Å². The van der Waals surface area contributed by atoms with Gasteiger partial charge in [-0.15, -0.1) is 0 Å². The van der Waals surface area contributed by atoms with Gasteiger partial charge in [-0.1, -0.05) is 12.1 Å². The summed E-state index contributed by atoms with van der Waals surface area (Å²) in [6.07, 6.45) is -1.86. The van der Waals surface area contributed by atoms with Gasteiger partial charge in [-0.25, -0.2) is 0 Å². The lowest BCUT2D eigenvalue weighted by molar-refractivity contribution is -0.153. The smallest absolute Gasteiger partial charge is 0.422 e. The van der Waals surface area contributed by atoms with Crippen LogP contribution in [-0.2, 0) is 6.54 Å². The predicted molar refractivity (Wildman–Crippen MR) is 57.9 cm³/mol. The van der Waals surface area contributed by atoms with Crippen LogP contribution < -0.4 is 10.1 Å². The number of hydrogen-bond acceptors (Lipinski definition) is 2. The Morgan fingerprint density at radius 1 is 1.18 bits per heavy atom. The Morgan fingerprint density at radius 3 is 2.35 bits per heavy atom. The summed E-state index contributed by atoms with van der Waals surface area (Å²) in [5.41, 5.74) is 1.05. The molecule has 0 aromatic heterocycles. The number of alkyl halides is 3. The van der Waals surface area contributed by atoms with Crippen molar-refractivity contribution in [2.75, 3.05) is 6.61 Å². The van der Waals surface area contributed by atoms with Crippen LogP contribution in [0.1, 0.15) is 18.4 Å². The first-order valence-corrected chi connectivity index (χ1v) is 5.55. The average Bonchev–Trinajstić information content (AvgIpc) is 3.08. The normalized spacial score (nSPS) is 15.9. The quantitative estimate of drug-likeness (QED) is 0.861. The maximum absolute atomic E-state index is 11.9. The highest BCUT2D eigenvalue weighted by atomic mass is 19.4. The molecule has 1 aromatic carbocycles. The van der Waals surface area contributed by atoms with Gasteiger partial charge in [-0.05, 0) is 30.5 Å². The van der Waals surface area contributed by atoms with Crippen molar-refractivity contribution in [2.24, 2.45) is 0 Å². The van der Waals surface area contributed by atoms with Crippen LogP contribution in [0.15, 0.2) is 24.3 Å². The van der Waals surface area contributed by atoms with E-state index >= 15 is 0 Å². The monoisotopic (exact) mass is 245 g/mol. The fourth-order valence-electron chi connectivity index (χ4n) is 1.42. The topological polar surface area (TPSA) is 21.3 Å². The molecule has 0 heterocycles. The molecule has 1 N–H and O–H groups in total.